The zero-order chi connectivity index (χ0) is 13.4. The standard InChI is InChI=1S/C13H17Cl3N2/c1-7-4-8(2)9(3)18(6-7)13-11(15)5-10(14)12(16)17-13/h5,7-9H,4,6H2,1-3H3. The van der Waals surface area contributed by atoms with E-state index in [4.69, 9.17) is 34.8 Å². The lowest BCUT2D eigenvalue weighted by atomic mass is 9.86. The molecule has 0 aliphatic carbocycles. The number of nitrogens with zero attached hydrogens (tertiary/aromatic N) is 2. The number of halogens is 3. The lowest BCUT2D eigenvalue weighted by molar-refractivity contribution is 0.295. The molecule has 18 heavy (non-hydrogen) atoms. The van der Waals surface area contributed by atoms with E-state index in [-0.39, 0.29) is 0 Å². The lowest BCUT2D eigenvalue weighted by Crippen LogP contribution is -2.46. The Morgan fingerprint density at radius 1 is 1.17 bits per heavy atom. The van der Waals surface area contributed by atoms with Crippen LogP contribution < -0.4 is 4.90 Å². The molecule has 0 amide bonds. The predicted octanol–water partition coefficient (Wildman–Crippen LogP) is 4.91. The monoisotopic (exact) mass is 306 g/mol. The van der Waals surface area contributed by atoms with E-state index >= 15 is 0 Å². The Morgan fingerprint density at radius 3 is 2.50 bits per heavy atom. The highest BCUT2D eigenvalue weighted by molar-refractivity contribution is 6.42. The maximum atomic E-state index is 6.25. The van der Waals surface area contributed by atoms with E-state index in [0.29, 0.717) is 33.1 Å². The van der Waals surface area contributed by atoms with Crippen molar-refractivity contribution in [1.82, 2.24) is 4.98 Å². The maximum absolute atomic E-state index is 6.25. The van der Waals surface area contributed by atoms with Crippen molar-refractivity contribution in [3.8, 4) is 0 Å². The van der Waals surface area contributed by atoms with Gasteiger partial charge in [-0.05, 0) is 31.2 Å². The Bertz CT molecular complexity index is 450. The number of rotatable bonds is 1. The summed E-state index contributed by atoms with van der Waals surface area (Å²) in [6, 6.07) is 2.08. The Balaban J connectivity index is 2.38. The van der Waals surface area contributed by atoms with E-state index < -0.39 is 0 Å². The first kappa shape index (κ1) is 14.2. The van der Waals surface area contributed by atoms with Crippen LogP contribution in [0.5, 0.6) is 0 Å². The molecule has 2 heterocycles. The van der Waals surface area contributed by atoms with E-state index in [1.54, 1.807) is 6.07 Å². The van der Waals surface area contributed by atoms with Crippen LogP contribution in [0.1, 0.15) is 27.2 Å². The molecule has 2 nitrogen and oxygen atoms in total. The summed E-state index contributed by atoms with van der Waals surface area (Å²) in [7, 11) is 0. The first-order valence-electron chi connectivity index (χ1n) is 6.18. The summed E-state index contributed by atoms with van der Waals surface area (Å²) in [5.74, 6) is 1.99. The van der Waals surface area contributed by atoms with E-state index in [2.05, 4.69) is 30.7 Å². The van der Waals surface area contributed by atoms with Crippen LogP contribution in [0.4, 0.5) is 5.82 Å². The van der Waals surface area contributed by atoms with Gasteiger partial charge in [0.05, 0.1) is 10.0 Å². The van der Waals surface area contributed by atoms with Gasteiger partial charge in [0.2, 0.25) is 0 Å². The Hall–Kier alpha value is -0.180. The molecular weight excluding hydrogens is 291 g/mol. The van der Waals surface area contributed by atoms with Gasteiger partial charge in [0.15, 0.2) is 0 Å². The summed E-state index contributed by atoms with van der Waals surface area (Å²) < 4.78 is 0. The highest BCUT2D eigenvalue weighted by atomic mass is 35.5. The lowest BCUT2D eigenvalue weighted by Gasteiger charge is -2.42. The van der Waals surface area contributed by atoms with Crippen LogP contribution >= 0.6 is 34.8 Å². The molecule has 5 heteroatoms. The first-order valence-corrected chi connectivity index (χ1v) is 7.31. The van der Waals surface area contributed by atoms with Crippen molar-refractivity contribution < 1.29 is 0 Å². The molecule has 0 N–H and O–H groups in total. The van der Waals surface area contributed by atoms with Crippen molar-refractivity contribution in [1.29, 1.82) is 0 Å². The van der Waals surface area contributed by atoms with Crippen molar-refractivity contribution in [2.45, 2.75) is 33.2 Å². The van der Waals surface area contributed by atoms with Crippen LogP contribution in [0.25, 0.3) is 0 Å². The Morgan fingerprint density at radius 2 is 1.83 bits per heavy atom. The van der Waals surface area contributed by atoms with Gasteiger partial charge in [-0.1, -0.05) is 48.7 Å². The second-order valence-corrected chi connectivity index (χ2v) is 6.45. The molecule has 1 aromatic rings. The van der Waals surface area contributed by atoms with Crippen molar-refractivity contribution in [2.75, 3.05) is 11.4 Å². The van der Waals surface area contributed by atoms with E-state index in [1.807, 2.05) is 0 Å². The normalized spacial score (nSPS) is 28.6. The van der Waals surface area contributed by atoms with E-state index in [0.717, 1.165) is 12.4 Å². The Kier molecular flexibility index (Phi) is 4.30. The average Bonchev–Trinajstić information content (AvgIpc) is 2.29. The fourth-order valence-corrected chi connectivity index (χ4v) is 3.23. The molecule has 1 fully saturated rings. The van der Waals surface area contributed by atoms with Crippen molar-refractivity contribution in [3.05, 3.63) is 21.3 Å². The molecular formula is C13H17Cl3N2. The van der Waals surface area contributed by atoms with Crippen molar-refractivity contribution >= 4 is 40.6 Å². The molecule has 1 aliphatic rings. The largest absolute Gasteiger partial charge is 0.352 e. The van der Waals surface area contributed by atoms with Gasteiger partial charge in [0.25, 0.3) is 0 Å². The second kappa shape index (κ2) is 5.44. The minimum absolute atomic E-state index is 0.314. The molecule has 0 bridgehead atoms. The van der Waals surface area contributed by atoms with Crippen LogP contribution in [0.2, 0.25) is 15.2 Å². The number of anilines is 1. The van der Waals surface area contributed by atoms with Gasteiger partial charge in [0, 0.05) is 12.6 Å². The summed E-state index contributed by atoms with van der Waals surface area (Å²) in [4.78, 5) is 6.58. The zero-order valence-electron chi connectivity index (χ0n) is 10.8. The first-order chi connectivity index (χ1) is 8.40. The quantitative estimate of drug-likeness (QED) is 0.685. The third-order valence-electron chi connectivity index (χ3n) is 3.74. The summed E-state index contributed by atoms with van der Waals surface area (Å²) in [5, 5.41) is 1.28. The molecule has 3 unspecified atom stereocenters. The highest BCUT2D eigenvalue weighted by Crippen LogP contribution is 2.36. The van der Waals surface area contributed by atoms with Gasteiger partial charge in [-0.15, -0.1) is 0 Å². The molecule has 100 valence electrons. The molecule has 0 saturated carbocycles. The van der Waals surface area contributed by atoms with E-state index in [1.165, 1.54) is 6.42 Å². The topological polar surface area (TPSA) is 16.1 Å². The van der Waals surface area contributed by atoms with Crippen LogP contribution in [0.15, 0.2) is 6.07 Å². The Labute approximate surface area is 123 Å². The number of hydrogen-bond donors (Lipinski definition) is 0. The van der Waals surface area contributed by atoms with Crippen LogP contribution in [-0.4, -0.2) is 17.6 Å². The summed E-state index contributed by atoms with van der Waals surface area (Å²) >= 11 is 18.2. The molecule has 1 aromatic heterocycles. The molecule has 0 radical (unpaired) electrons. The van der Waals surface area contributed by atoms with Gasteiger partial charge in [-0.2, -0.15) is 0 Å². The minimum Gasteiger partial charge on any atom is -0.352 e. The van der Waals surface area contributed by atoms with Gasteiger partial charge < -0.3 is 4.90 Å². The molecule has 0 aromatic carbocycles. The molecule has 1 aliphatic heterocycles. The van der Waals surface area contributed by atoms with Gasteiger partial charge in [-0.3, -0.25) is 0 Å². The SMILES string of the molecule is CC1CC(C)C(C)N(c2nc(Cl)c(Cl)cc2Cl)C1. The van der Waals surface area contributed by atoms with Gasteiger partial charge >= 0.3 is 0 Å². The number of aromatic nitrogens is 1. The van der Waals surface area contributed by atoms with Crippen LogP contribution in [0, 0.1) is 11.8 Å². The zero-order valence-corrected chi connectivity index (χ0v) is 13.0. The summed E-state index contributed by atoms with van der Waals surface area (Å²) in [6.45, 7) is 7.67. The van der Waals surface area contributed by atoms with Crippen molar-refractivity contribution in [2.24, 2.45) is 11.8 Å². The molecule has 1 saturated heterocycles. The third kappa shape index (κ3) is 2.71. The summed E-state index contributed by atoms with van der Waals surface area (Å²) in [5.41, 5.74) is 0. The molecule has 2 rings (SSSR count). The van der Waals surface area contributed by atoms with Crippen LogP contribution in [-0.2, 0) is 0 Å². The third-order valence-corrected chi connectivity index (χ3v) is 4.69. The summed E-state index contributed by atoms with van der Waals surface area (Å²) in [6.07, 6.45) is 1.23. The van der Waals surface area contributed by atoms with Gasteiger partial charge in [0.1, 0.15) is 11.0 Å². The second-order valence-electron chi connectivity index (χ2n) is 5.28. The molecule has 0 spiro atoms. The van der Waals surface area contributed by atoms with Gasteiger partial charge in [-0.25, -0.2) is 4.98 Å². The smallest absolute Gasteiger partial charge is 0.150 e. The van der Waals surface area contributed by atoms with E-state index in [9.17, 15) is 0 Å². The predicted molar refractivity (Wildman–Crippen MR) is 79.0 cm³/mol. The number of hydrogen-bond acceptors (Lipinski definition) is 2. The van der Waals surface area contributed by atoms with Crippen LogP contribution in [0.3, 0.4) is 0 Å². The maximum Gasteiger partial charge on any atom is 0.150 e. The molecule has 3 atom stereocenters. The van der Waals surface area contributed by atoms with Crippen molar-refractivity contribution in [3.63, 3.8) is 0 Å². The minimum atomic E-state index is 0.314. The fraction of sp³-hybridized carbons (Fsp3) is 0.615. The average molecular weight is 308 g/mol. The number of pyridine rings is 1. The number of piperidine rings is 1. The fourth-order valence-electron chi connectivity index (χ4n) is 2.63. The highest BCUT2D eigenvalue weighted by Gasteiger charge is 2.31.